The second kappa shape index (κ2) is 35.8. The van der Waals surface area contributed by atoms with Gasteiger partial charge in [-0.15, -0.1) is 0 Å². The molecule has 0 fully saturated rings. The van der Waals surface area contributed by atoms with Gasteiger partial charge in [0.15, 0.2) is 0 Å². The molecule has 2 rings (SSSR count). The summed E-state index contributed by atoms with van der Waals surface area (Å²) in [6.45, 7) is 19.5. The Bertz CT molecular complexity index is 1610. The van der Waals surface area contributed by atoms with E-state index in [9.17, 15) is 18.0 Å². The summed E-state index contributed by atoms with van der Waals surface area (Å²) >= 11 is 0. The molecule has 374 valence electrons. The molecule has 4 N–H and O–H groups in total. The van der Waals surface area contributed by atoms with Crippen molar-refractivity contribution in [2.75, 3.05) is 158 Å². The van der Waals surface area contributed by atoms with E-state index in [-0.39, 0.29) is 36.2 Å². The first-order valence-corrected chi connectivity index (χ1v) is 24.1. The summed E-state index contributed by atoms with van der Waals surface area (Å²) in [5.74, 6) is 0.162. The van der Waals surface area contributed by atoms with Crippen LogP contribution in [0.25, 0.3) is 6.08 Å². The average Bonchev–Trinajstić information content (AvgIpc) is 3.43. The number of alkyl carbamates (subject to hydrolysis) is 1. The fourth-order valence-electron chi connectivity index (χ4n) is 5.69. The maximum Gasteiger partial charge on any atom is 0.407 e. The topological polar surface area (TPSA) is 235 Å². The molecule has 1 aromatic rings. The Morgan fingerprint density at radius 2 is 1.05 bits per heavy atom. The summed E-state index contributed by atoms with van der Waals surface area (Å²) in [6.07, 6.45) is 3.16. The summed E-state index contributed by atoms with van der Waals surface area (Å²) in [6, 6.07) is 4.59. The fraction of sp³-hybridized carbons (Fsp3) is 0.750. The van der Waals surface area contributed by atoms with Crippen LogP contribution < -0.4 is 15.8 Å². The number of amidine groups is 1. The van der Waals surface area contributed by atoms with Gasteiger partial charge in [0, 0.05) is 43.7 Å². The monoisotopic (exact) mass is 948 g/mol. The number of rotatable bonds is 40. The van der Waals surface area contributed by atoms with E-state index in [1.54, 1.807) is 12.1 Å². The molecule has 0 unspecified atom stereocenters. The minimum Gasteiger partial charge on any atom is -0.444 e. The predicted octanol–water partition coefficient (Wildman–Crippen LogP) is 3.08. The number of carbonyl (C=O) groups excluding carboxylic acids is 2. The molecule has 0 aromatic heterocycles. The van der Waals surface area contributed by atoms with E-state index in [4.69, 9.17) is 57.8 Å². The Morgan fingerprint density at radius 3 is 1.45 bits per heavy atom. The summed E-state index contributed by atoms with van der Waals surface area (Å²) in [5, 5.41) is 2.63. The van der Waals surface area contributed by atoms with E-state index >= 15 is 0 Å². The summed E-state index contributed by atoms with van der Waals surface area (Å²) in [7, 11) is -3.84. The van der Waals surface area contributed by atoms with Gasteiger partial charge in [0.25, 0.3) is 0 Å². The zero-order valence-corrected chi connectivity index (χ0v) is 40.2. The molecule has 0 atom stereocenters. The molecule has 65 heavy (non-hydrogen) atoms. The lowest BCUT2D eigenvalue weighted by Gasteiger charge is -2.22. The number of hydrogen-bond donors (Lipinski definition) is 3. The quantitative estimate of drug-likeness (QED) is 0.0802. The molecular weight excluding hydrogens is 871 g/mol. The Hall–Kier alpha value is -3.32. The molecule has 1 heterocycles. The number of sulfonamides is 1. The molecule has 1 aromatic carbocycles. The SMILES string of the molecule is CCCN(CCC)C(=O)C1=Cc2ccc(S(=O)(=O)NCCOCCOCCOCCOCCOCCOCCOCCOCCOCCOCCNC(=O)OC(C)(C)C)cc2N=C(N)C1. The first-order valence-electron chi connectivity index (χ1n) is 22.6. The zero-order chi connectivity index (χ0) is 47.4. The van der Waals surface area contributed by atoms with E-state index in [0.717, 1.165) is 12.8 Å². The van der Waals surface area contributed by atoms with Crippen molar-refractivity contribution in [1.82, 2.24) is 14.9 Å². The van der Waals surface area contributed by atoms with Crippen LogP contribution in [-0.4, -0.2) is 195 Å². The Kier molecular flexibility index (Phi) is 31.9. The minimum absolute atomic E-state index is 0.0419. The van der Waals surface area contributed by atoms with E-state index in [0.29, 0.717) is 162 Å². The van der Waals surface area contributed by atoms with Crippen molar-refractivity contribution in [3.05, 3.63) is 29.3 Å². The van der Waals surface area contributed by atoms with Gasteiger partial charge in [-0.05, 0) is 51.8 Å². The maximum atomic E-state index is 13.2. The lowest BCUT2D eigenvalue weighted by Crippen LogP contribution is -2.34. The molecule has 21 heteroatoms. The van der Waals surface area contributed by atoms with Gasteiger partial charge >= 0.3 is 6.09 Å². The summed E-state index contributed by atoms with van der Waals surface area (Å²) in [5.41, 5.74) is 7.17. The number of nitrogens with zero attached hydrogens (tertiary/aromatic N) is 2. The highest BCUT2D eigenvalue weighted by molar-refractivity contribution is 7.89. The van der Waals surface area contributed by atoms with E-state index < -0.39 is 21.7 Å². The van der Waals surface area contributed by atoms with Gasteiger partial charge in [-0.1, -0.05) is 19.9 Å². The maximum absolute atomic E-state index is 13.2. The number of aliphatic imine (C=N–C) groups is 1. The first kappa shape index (κ1) is 57.8. The number of benzene rings is 1. The Balaban J connectivity index is 1.33. The Labute approximate surface area is 386 Å². The van der Waals surface area contributed by atoms with Gasteiger partial charge < -0.3 is 68.1 Å². The molecule has 20 nitrogen and oxygen atoms in total. The zero-order valence-electron chi connectivity index (χ0n) is 39.4. The predicted molar refractivity (Wildman–Crippen MR) is 245 cm³/mol. The van der Waals surface area contributed by atoms with Crippen molar-refractivity contribution < 1.29 is 70.1 Å². The molecule has 0 saturated heterocycles. The van der Waals surface area contributed by atoms with Crippen LogP contribution in [0, 0.1) is 0 Å². The van der Waals surface area contributed by atoms with Crippen LogP contribution in [0.15, 0.2) is 33.7 Å². The van der Waals surface area contributed by atoms with Crippen molar-refractivity contribution in [3.8, 4) is 0 Å². The molecule has 2 amide bonds. The number of amides is 2. The van der Waals surface area contributed by atoms with Crippen LogP contribution in [0.5, 0.6) is 0 Å². The summed E-state index contributed by atoms with van der Waals surface area (Å²) in [4.78, 5) is 31.0. The highest BCUT2D eigenvalue weighted by atomic mass is 32.2. The van der Waals surface area contributed by atoms with Crippen LogP contribution >= 0.6 is 0 Å². The van der Waals surface area contributed by atoms with Gasteiger partial charge in [0.1, 0.15) is 11.4 Å². The number of carbonyl (C=O) groups is 2. The molecule has 0 aliphatic carbocycles. The number of hydrogen-bond acceptors (Lipinski definition) is 17. The van der Waals surface area contributed by atoms with Crippen molar-refractivity contribution >= 4 is 39.6 Å². The second-order valence-electron chi connectivity index (χ2n) is 15.4. The van der Waals surface area contributed by atoms with Crippen molar-refractivity contribution in [3.63, 3.8) is 0 Å². The minimum atomic E-state index is -3.84. The number of nitrogens with one attached hydrogen (secondary N) is 2. The molecule has 0 spiro atoms. The van der Waals surface area contributed by atoms with Crippen LogP contribution in [-0.2, 0) is 66.9 Å². The summed E-state index contributed by atoms with van der Waals surface area (Å²) < 4.78 is 88.5. The molecule has 1 aliphatic heterocycles. The number of fused-ring (bicyclic) bond motifs is 1. The van der Waals surface area contributed by atoms with Gasteiger partial charge in [0.2, 0.25) is 15.9 Å². The first-order chi connectivity index (χ1) is 31.4. The van der Waals surface area contributed by atoms with Crippen LogP contribution in [0.4, 0.5) is 10.5 Å². The third-order valence-electron chi connectivity index (χ3n) is 8.63. The van der Waals surface area contributed by atoms with Gasteiger partial charge in [-0.2, -0.15) is 0 Å². The number of ether oxygens (including phenoxy) is 11. The normalized spacial score (nSPS) is 12.9. The van der Waals surface area contributed by atoms with E-state index in [1.165, 1.54) is 12.1 Å². The average molecular weight is 948 g/mol. The van der Waals surface area contributed by atoms with Gasteiger partial charge in [0.05, 0.1) is 143 Å². The highest BCUT2D eigenvalue weighted by Crippen LogP contribution is 2.30. The molecule has 0 bridgehead atoms. The van der Waals surface area contributed by atoms with Crippen LogP contribution in [0.2, 0.25) is 0 Å². The molecule has 1 aliphatic rings. The van der Waals surface area contributed by atoms with Crippen molar-refractivity contribution in [2.24, 2.45) is 10.7 Å². The lowest BCUT2D eigenvalue weighted by atomic mass is 10.1. The molecule has 0 saturated carbocycles. The van der Waals surface area contributed by atoms with E-state index in [2.05, 4.69) is 15.0 Å². The van der Waals surface area contributed by atoms with Crippen molar-refractivity contribution in [1.29, 1.82) is 0 Å². The third-order valence-corrected chi connectivity index (χ3v) is 10.1. The standard InChI is InChI=1S/C44H77N5O15S/c1-6-12-49(13-7-2)42(50)38-34-37-8-9-39(36-40(37)48-41(45)35-38)65(52,53)47-11-15-55-17-19-57-21-23-59-25-27-61-29-31-63-33-32-62-30-28-60-26-24-58-22-20-56-18-16-54-14-10-46-43(51)64-44(3,4)5/h8-9,34,36,47H,6-7,10-33,35H2,1-5H3,(H2,45,48)(H,46,51). The Morgan fingerprint density at radius 1 is 0.646 bits per heavy atom. The number of nitrogens with two attached hydrogens (primary N) is 1. The third kappa shape index (κ3) is 29.1. The second-order valence-corrected chi connectivity index (χ2v) is 17.2. The highest BCUT2D eigenvalue weighted by Gasteiger charge is 2.22. The van der Waals surface area contributed by atoms with E-state index in [1.807, 2.05) is 39.5 Å². The van der Waals surface area contributed by atoms with Gasteiger partial charge in [-0.3, -0.25) is 4.79 Å². The fourth-order valence-corrected chi connectivity index (χ4v) is 6.72. The smallest absolute Gasteiger partial charge is 0.407 e. The van der Waals surface area contributed by atoms with Crippen LogP contribution in [0.1, 0.15) is 59.4 Å². The lowest BCUT2D eigenvalue weighted by molar-refractivity contribution is -0.127. The largest absolute Gasteiger partial charge is 0.444 e. The molecule has 0 radical (unpaired) electrons. The van der Waals surface area contributed by atoms with Crippen LogP contribution in [0.3, 0.4) is 0 Å². The van der Waals surface area contributed by atoms with Gasteiger partial charge in [-0.25, -0.2) is 22.9 Å². The molecular formula is C44H77N5O15S. The van der Waals surface area contributed by atoms with Crippen molar-refractivity contribution in [2.45, 2.75) is 64.4 Å².